The van der Waals surface area contributed by atoms with Gasteiger partial charge in [0.05, 0.1) is 6.10 Å². The van der Waals surface area contributed by atoms with Crippen molar-refractivity contribution in [1.29, 1.82) is 0 Å². The summed E-state index contributed by atoms with van der Waals surface area (Å²) in [6, 6.07) is 0. The highest BCUT2D eigenvalue weighted by molar-refractivity contribution is 5.13. The predicted molar refractivity (Wildman–Crippen MR) is 56.8 cm³/mol. The molecule has 96 valence electrons. The Morgan fingerprint density at radius 2 is 1.88 bits per heavy atom. The highest BCUT2D eigenvalue weighted by Crippen LogP contribution is 2.28. The minimum atomic E-state index is -1.30. The molecule has 1 fully saturated rings. The first-order valence-corrected chi connectivity index (χ1v) is 5.30. The summed E-state index contributed by atoms with van der Waals surface area (Å²) in [5.41, 5.74) is 5.44. The quantitative estimate of drug-likeness (QED) is 0.457. The van der Waals surface area contributed by atoms with Gasteiger partial charge in [0.1, 0.15) is 24.1 Å². The molecule has 1 aliphatic heterocycles. The fourth-order valence-electron chi connectivity index (χ4n) is 1.89. The van der Waals surface area contributed by atoms with Crippen LogP contribution >= 0.6 is 0 Å². The normalized spacial score (nSPS) is 38.3. The van der Waals surface area contributed by atoms with Crippen LogP contribution in [-0.4, -0.2) is 54.5 Å². The maximum Gasteiger partial charge on any atom is 0.239 e. The summed E-state index contributed by atoms with van der Waals surface area (Å²) < 4.78 is 6.70. The van der Waals surface area contributed by atoms with Gasteiger partial charge < -0.3 is 25.8 Å². The lowest BCUT2D eigenvalue weighted by atomic mass is 9.99. The first-order valence-electron chi connectivity index (χ1n) is 5.30. The van der Waals surface area contributed by atoms with E-state index in [0.29, 0.717) is 5.82 Å². The van der Waals surface area contributed by atoms with E-state index in [0.717, 1.165) is 0 Å². The molecule has 1 aliphatic rings. The van der Waals surface area contributed by atoms with Gasteiger partial charge in [-0.25, -0.2) is 4.68 Å². The summed E-state index contributed by atoms with van der Waals surface area (Å²) in [4.78, 5) is 3.88. The van der Waals surface area contributed by atoms with Gasteiger partial charge >= 0.3 is 0 Å². The second-order valence-electron chi connectivity index (χ2n) is 4.17. The Labute approximate surface area is 97.6 Å². The number of nitrogen functional groups attached to an aromatic ring is 1. The number of nitrogens with two attached hydrogens (primary N) is 1. The molecule has 0 radical (unpaired) electrons. The van der Waals surface area contributed by atoms with Gasteiger partial charge in [0.2, 0.25) is 5.95 Å². The number of aliphatic hydroxyl groups excluding tert-OH is 3. The second kappa shape index (κ2) is 4.22. The van der Waals surface area contributed by atoms with Crippen LogP contribution in [0.15, 0.2) is 0 Å². The molecule has 2 rings (SSSR count). The van der Waals surface area contributed by atoms with Crippen LogP contribution in [0.1, 0.15) is 19.0 Å². The van der Waals surface area contributed by atoms with Gasteiger partial charge in [-0.2, -0.15) is 4.98 Å². The summed E-state index contributed by atoms with van der Waals surface area (Å²) in [6.07, 6.45) is -5.26. The lowest BCUT2D eigenvalue weighted by Crippen LogP contribution is -2.54. The van der Waals surface area contributed by atoms with E-state index in [-0.39, 0.29) is 5.95 Å². The minimum absolute atomic E-state index is 0.0616. The maximum atomic E-state index is 9.85. The third-order valence-corrected chi connectivity index (χ3v) is 2.89. The Kier molecular flexibility index (Phi) is 3.04. The first-order chi connectivity index (χ1) is 7.91. The second-order valence-corrected chi connectivity index (χ2v) is 4.17. The fraction of sp³-hybridized carbons (Fsp3) is 0.778. The molecular formula is C9H16N4O4. The van der Waals surface area contributed by atoms with E-state index < -0.39 is 30.6 Å². The average Bonchev–Trinajstić information content (AvgIpc) is 2.60. The predicted octanol–water partition coefficient (Wildman–Crippen LogP) is -1.83. The minimum Gasteiger partial charge on any atom is -0.388 e. The van der Waals surface area contributed by atoms with Gasteiger partial charge in [-0.05, 0) is 13.8 Å². The lowest BCUT2D eigenvalue weighted by Gasteiger charge is -2.39. The third-order valence-electron chi connectivity index (χ3n) is 2.89. The number of aryl methyl sites for hydroxylation is 1. The van der Waals surface area contributed by atoms with Crippen LogP contribution < -0.4 is 5.73 Å². The summed E-state index contributed by atoms with van der Waals surface area (Å²) in [6.45, 7) is 3.25. The molecule has 1 saturated heterocycles. The number of rotatable bonds is 1. The molecule has 0 aliphatic carbocycles. The number of anilines is 1. The van der Waals surface area contributed by atoms with Crippen molar-refractivity contribution in [2.75, 3.05) is 5.73 Å². The molecule has 5 N–H and O–H groups in total. The van der Waals surface area contributed by atoms with E-state index in [9.17, 15) is 15.3 Å². The number of hydrogen-bond acceptors (Lipinski definition) is 7. The Morgan fingerprint density at radius 1 is 1.24 bits per heavy atom. The molecule has 0 aromatic carbocycles. The van der Waals surface area contributed by atoms with Crippen LogP contribution in [0, 0.1) is 6.92 Å². The van der Waals surface area contributed by atoms with Crippen LogP contribution in [0.2, 0.25) is 0 Å². The summed E-state index contributed by atoms with van der Waals surface area (Å²) in [7, 11) is 0. The summed E-state index contributed by atoms with van der Waals surface area (Å²) in [5, 5.41) is 33.0. The molecule has 0 amide bonds. The molecule has 17 heavy (non-hydrogen) atoms. The van der Waals surface area contributed by atoms with E-state index >= 15 is 0 Å². The molecule has 1 aromatic rings. The van der Waals surface area contributed by atoms with Gasteiger partial charge in [-0.15, -0.1) is 5.10 Å². The Balaban J connectivity index is 2.29. The molecule has 0 bridgehead atoms. The SMILES string of the molecule is Cc1nc(N)nn1[C@@H]1O[C@@H](C)[C@H](O)[C@@H](O)[C@H]1O. The first kappa shape index (κ1) is 12.2. The zero-order valence-corrected chi connectivity index (χ0v) is 9.56. The zero-order valence-electron chi connectivity index (χ0n) is 9.56. The smallest absolute Gasteiger partial charge is 0.239 e. The number of aliphatic hydroxyl groups is 3. The van der Waals surface area contributed by atoms with Crippen molar-refractivity contribution in [2.45, 2.75) is 44.5 Å². The van der Waals surface area contributed by atoms with Crippen LogP contribution in [0.25, 0.3) is 0 Å². The van der Waals surface area contributed by atoms with Crippen LogP contribution in [0.5, 0.6) is 0 Å². The number of nitrogens with zero attached hydrogens (tertiary/aromatic N) is 3. The number of hydrogen-bond donors (Lipinski definition) is 4. The van der Waals surface area contributed by atoms with Crippen molar-refractivity contribution in [2.24, 2.45) is 0 Å². The summed E-state index contributed by atoms with van der Waals surface area (Å²) in [5.74, 6) is 0.522. The van der Waals surface area contributed by atoms with Gasteiger partial charge in [0.15, 0.2) is 6.23 Å². The Morgan fingerprint density at radius 3 is 2.41 bits per heavy atom. The fourth-order valence-corrected chi connectivity index (χ4v) is 1.89. The van der Waals surface area contributed by atoms with E-state index in [1.807, 2.05) is 0 Å². The van der Waals surface area contributed by atoms with Gasteiger partial charge in [-0.1, -0.05) is 0 Å². The van der Waals surface area contributed by atoms with Crippen molar-refractivity contribution in [1.82, 2.24) is 14.8 Å². The Bertz CT molecular complexity index is 410. The molecule has 0 saturated carbocycles. The molecule has 0 unspecified atom stereocenters. The molecule has 2 heterocycles. The molecule has 0 spiro atoms. The molecular weight excluding hydrogens is 228 g/mol. The van der Waals surface area contributed by atoms with Crippen LogP contribution in [0.4, 0.5) is 5.95 Å². The van der Waals surface area contributed by atoms with Crippen LogP contribution in [-0.2, 0) is 4.74 Å². The molecule has 5 atom stereocenters. The lowest BCUT2D eigenvalue weighted by molar-refractivity contribution is -0.243. The van der Waals surface area contributed by atoms with Crippen LogP contribution in [0.3, 0.4) is 0 Å². The molecule has 8 nitrogen and oxygen atoms in total. The van der Waals surface area contributed by atoms with Crippen molar-refractivity contribution >= 4 is 5.95 Å². The zero-order chi connectivity index (χ0) is 12.7. The van der Waals surface area contributed by atoms with E-state index in [1.54, 1.807) is 13.8 Å². The topological polar surface area (TPSA) is 127 Å². The van der Waals surface area contributed by atoms with E-state index in [4.69, 9.17) is 10.5 Å². The van der Waals surface area contributed by atoms with Gasteiger partial charge in [-0.3, -0.25) is 0 Å². The maximum absolute atomic E-state index is 9.85. The molecule has 8 heteroatoms. The third kappa shape index (κ3) is 2.00. The monoisotopic (exact) mass is 244 g/mol. The van der Waals surface area contributed by atoms with Crippen molar-refractivity contribution in [3.63, 3.8) is 0 Å². The standard InChI is InChI=1S/C9H16N4O4/c1-3-5(14)6(15)7(16)8(17-3)13-4(2)11-9(10)12-13/h3,5-8,14-16H,1-2H3,(H2,10,12)/t3-,5-,6+,7+,8+/m0/s1. The van der Waals surface area contributed by atoms with Gasteiger partial charge in [0.25, 0.3) is 0 Å². The number of aromatic nitrogens is 3. The number of ether oxygens (including phenoxy) is 1. The Hall–Kier alpha value is -1.22. The van der Waals surface area contributed by atoms with Gasteiger partial charge in [0, 0.05) is 0 Å². The molecule has 1 aromatic heterocycles. The van der Waals surface area contributed by atoms with Crippen molar-refractivity contribution in [3.05, 3.63) is 5.82 Å². The van der Waals surface area contributed by atoms with E-state index in [2.05, 4.69) is 10.1 Å². The average molecular weight is 244 g/mol. The largest absolute Gasteiger partial charge is 0.388 e. The highest BCUT2D eigenvalue weighted by atomic mass is 16.5. The highest BCUT2D eigenvalue weighted by Gasteiger charge is 2.43. The van der Waals surface area contributed by atoms with Crippen molar-refractivity contribution in [3.8, 4) is 0 Å². The summed E-state index contributed by atoms with van der Waals surface area (Å²) >= 11 is 0. The van der Waals surface area contributed by atoms with E-state index in [1.165, 1.54) is 4.68 Å². The van der Waals surface area contributed by atoms with Crippen molar-refractivity contribution < 1.29 is 20.1 Å².